The van der Waals surface area contributed by atoms with Crippen LogP contribution in [0, 0.1) is 18.3 Å². The van der Waals surface area contributed by atoms with Crippen molar-refractivity contribution in [2.75, 3.05) is 31.2 Å². The monoisotopic (exact) mass is 565 g/mol. The van der Waals surface area contributed by atoms with E-state index in [2.05, 4.69) is 33.0 Å². The van der Waals surface area contributed by atoms with E-state index < -0.39 is 0 Å². The van der Waals surface area contributed by atoms with Gasteiger partial charge in [-0.15, -0.1) is 0 Å². The van der Waals surface area contributed by atoms with Gasteiger partial charge in [-0.25, -0.2) is 9.67 Å². The number of para-hydroxylation sites is 2. The minimum absolute atomic E-state index is 0.0955. The third-order valence-electron chi connectivity index (χ3n) is 6.85. The number of aromatic hydroxyl groups is 1. The van der Waals surface area contributed by atoms with E-state index in [1.54, 1.807) is 16.8 Å². The molecule has 1 N–H and O–H groups in total. The zero-order valence-corrected chi connectivity index (χ0v) is 22.3. The summed E-state index contributed by atoms with van der Waals surface area (Å²) >= 11 is 3.76. The number of hydrogen-bond acceptors (Lipinski definition) is 6. The highest BCUT2D eigenvalue weighted by atomic mass is 79.9. The van der Waals surface area contributed by atoms with Crippen molar-refractivity contribution in [2.45, 2.75) is 6.92 Å². The van der Waals surface area contributed by atoms with Crippen molar-refractivity contribution in [2.24, 2.45) is 0 Å². The molecule has 0 saturated carbocycles. The summed E-state index contributed by atoms with van der Waals surface area (Å²) in [7, 11) is 0. The van der Waals surface area contributed by atoms with Crippen molar-refractivity contribution in [3.8, 4) is 39.9 Å². The number of hydrogen-bond donors (Lipinski definition) is 1. The SMILES string of the molecule is Cc1nn(-c2ccccc2)c2nc(-c3ccc(N4CCOCC4)c(Br)c3)c(C#N)c(-c3ccccc3O)c12. The van der Waals surface area contributed by atoms with Crippen molar-refractivity contribution in [1.29, 1.82) is 5.26 Å². The molecule has 0 amide bonds. The van der Waals surface area contributed by atoms with E-state index in [0.717, 1.165) is 45.6 Å². The number of nitrogens with zero attached hydrogens (tertiary/aromatic N) is 5. The van der Waals surface area contributed by atoms with Crippen molar-refractivity contribution in [1.82, 2.24) is 14.8 Å². The lowest BCUT2D eigenvalue weighted by atomic mass is 9.92. The highest BCUT2D eigenvalue weighted by Crippen LogP contribution is 2.42. The second-order valence-electron chi connectivity index (χ2n) is 9.14. The van der Waals surface area contributed by atoms with Crippen LogP contribution in [0.2, 0.25) is 0 Å². The topological polar surface area (TPSA) is 87.2 Å². The quantitative estimate of drug-likeness (QED) is 0.277. The molecule has 3 heterocycles. The molecule has 6 rings (SSSR count). The number of morpholine rings is 1. The van der Waals surface area contributed by atoms with Gasteiger partial charge in [0.2, 0.25) is 0 Å². The Kier molecular flexibility index (Phi) is 6.32. The van der Waals surface area contributed by atoms with Crippen LogP contribution in [-0.2, 0) is 4.74 Å². The van der Waals surface area contributed by atoms with Crippen LogP contribution < -0.4 is 4.90 Å². The molecule has 7 nitrogen and oxygen atoms in total. The molecule has 1 fully saturated rings. The molecule has 8 heteroatoms. The standard InChI is InChI=1S/C30H24BrN5O2/c1-19-27-28(22-9-5-6-10-26(22)37)23(18-32)29(33-30(27)36(34-19)21-7-3-2-4-8-21)20-11-12-25(24(31)17-20)35-13-15-38-16-14-35/h2-12,17,37H,13-16H2,1H3. The number of ether oxygens (including phenoxy) is 1. The predicted molar refractivity (Wildman–Crippen MR) is 152 cm³/mol. The van der Waals surface area contributed by atoms with E-state index in [4.69, 9.17) is 14.8 Å². The number of halogens is 1. The van der Waals surface area contributed by atoms with Crippen molar-refractivity contribution in [3.05, 3.63) is 88.5 Å². The number of pyridine rings is 1. The lowest BCUT2D eigenvalue weighted by Gasteiger charge is -2.29. The Morgan fingerprint density at radius 3 is 2.45 bits per heavy atom. The normalized spacial score (nSPS) is 13.6. The number of benzene rings is 3. The highest BCUT2D eigenvalue weighted by molar-refractivity contribution is 9.10. The summed E-state index contributed by atoms with van der Waals surface area (Å²) in [4.78, 5) is 7.33. The predicted octanol–water partition coefficient (Wildman–Crippen LogP) is 6.24. The van der Waals surface area contributed by atoms with Crippen molar-refractivity contribution >= 4 is 32.7 Å². The number of aryl methyl sites for hydroxylation is 1. The lowest BCUT2D eigenvalue weighted by molar-refractivity contribution is 0.122. The maximum absolute atomic E-state index is 10.9. The van der Waals surface area contributed by atoms with E-state index in [-0.39, 0.29) is 5.75 Å². The van der Waals surface area contributed by atoms with Crippen LogP contribution in [0.4, 0.5) is 5.69 Å². The molecule has 38 heavy (non-hydrogen) atoms. The van der Waals surface area contributed by atoms with Gasteiger partial charge in [0.05, 0.1) is 46.9 Å². The van der Waals surface area contributed by atoms with Gasteiger partial charge in [-0.3, -0.25) is 0 Å². The zero-order valence-electron chi connectivity index (χ0n) is 20.7. The number of fused-ring (bicyclic) bond motifs is 1. The Balaban J connectivity index is 1.64. The fourth-order valence-corrected chi connectivity index (χ4v) is 5.68. The van der Waals surface area contributed by atoms with Crippen LogP contribution in [0.15, 0.2) is 77.3 Å². The molecule has 188 valence electrons. The summed E-state index contributed by atoms with van der Waals surface area (Å²) in [5.41, 5.74) is 6.18. The van der Waals surface area contributed by atoms with Crippen LogP contribution in [0.3, 0.4) is 0 Å². The molecule has 2 aromatic heterocycles. The Morgan fingerprint density at radius 1 is 1.00 bits per heavy atom. The largest absolute Gasteiger partial charge is 0.507 e. The Morgan fingerprint density at radius 2 is 1.74 bits per heavy atom. The molecule has 0 atom stereocenters. The van der Waals surface area contributed by atoms with Crippen LogP contribution in [0.1, 0.15) is 11.3 Å². The number of nitriles is 1. The van der Waals surface area contributed by atoms with Gasteiger partial charge in [0.1, 0.15) is 11.8 Å². The molecule has 1 saturated heterocycles. The van der Waals surface area contributed by atoms with Crippen LogP contribution >= 0.6 is 15.9 Å². The smallest absolute Gasteiger partial charge is 0.164 e. The van der Waals surface area contributed by atoms with Gasteiger partial charge in [0.25, 0.3) is 0 Å². The van der Waals surface area contributed by atoms with Gasteiger partial charge >= 0.3 is 0 Å². The van der Waals surface area contributed by atoms with Crippen molar-refractivity contribution in [3.63, 3.8) is 0 Å². The van der Waals surface area contributed by atoms with Crippen LogP contribution in [-0.4, -0.2) is 46.2 Å². The summed E-state index contributed by atoms with van der Waals surface area (Å²) in [6, 6.07) is 25.3. The fraction of sp³-hybridized carbons (Fsp3) is 0.167. The fourth-order valence-electron chi connectivity index (χ4n) is 5.05. The summed E-state index contributed by atoms with van der Waals surface area (Å²) in [5, 5.41) is 26.9. The third-order valence-corrected chi connectivity index (χ3v) is 7.48. The van der Waals surface area contributed by atoms with Gasteiger partial charge in [0.15, 0.2) is 5.65 Å². The maximum atomic E-state index is 10.9. The first-order chi connectivity index (χ1) is 18.6. The summed E-state index contributed by atoms with van der Waals surface area (Å²) in [6.45, 7) is 4.92. The van der Waals surface area contributed by atoms with Gasteiger partial charge in [-0.1, -0.05) is 42.5 Å². The van der Waals surface area contributed by atoms with E-state index in [9.17, 15) is 10.4 Å². The molecule has 0 unspecified atom stereocenters. The van der Waals surface area contributed by atoms with Crippen LogP contribution in [0.25, 0.3) is 39.1 Å². The first-order valence-electron chi connectivity index (χ1n) is 12.4. The molecule has 0 bridgehead atoms. The minimum atomic E-state index is 0.0955. The van der Waals surface area contributed by atoms with E-state index in [1.165, 1.54) is 0 Å². The Bertz CT molecular complexity index is 1700. The first kappa shape index (κ1) is 24.2. The van der Waals surface area contributed by atoms with Gasteiger partial charge in [-0.2, -0.15) is 10.4 Å². The third kappa shape index (κ3) is 4.10. The zero-order chi connectivity index (χ0) is 26.2. The molecular weight excluding hydrogens is 542 g/mol. The molecule has 1 aliphatic rings. The molecule has 3 aromatic carbocycles. The number of phenols is 1. The number of rotatable bonds is 4. The average molecular weight is 566 g/mol. The maximum Gasteiger partial charge on any atom is 0.164 e. The van der Waals surface area contributed by atoms with Gasteiger partial charge in [0, 0.05) is 34.3 Å². The summed E-state index contributed by atoms with van der Waals surface area (Å²) in [5.74, 6) is 0.0955. The second-order valence-corrected chi connectivity index (χ2v) is 9.99. The highest BCUT2D eigenvalue weighted by Gasteiger charge is 2.25. The van der Waals surface area contributed by atoms with Crippen LogP contribution in [0.5, 0.6) is 5.75 Å². The molecule has 1 aliphatic heterocycles. The summed E-state index contributed by atoms with van der Waals surface area (Å²) in [6.07, 6.45) is 0. The van der Waals surface area contributed by atoms with E-state index in [0.29, 0.717) is 41.2 Å². The Hall–Kier alpha value is -4.19. The molecular formula is C30H24BrN5O2. The Labute approximate surface area is 228 Å². The average Bonchev–Trinajstić information content (AvgIpc) is 3.29. The minimum Gasteiger partial charge on any atom is -0.507 e. The van der Waals surface area contributed by atoms with Gasteiger partial charge < -0.3 is 14.7 Å². The summed E-state index contributed by atoms with van der Waals surface area (Å²) < 4.78 is 8.23. The number of phenolic OH excluding ortho intramolecular Hbond substituents is 1. The molecule has 0 aliphatic carbocycles. The molecule has 0 radical (unpaired) electrons. The first-order valence-corrected chi connectivity index (χ1v) is 13.2. The van der Waals surface area contributed by atoms with Crippen molar-refractivity contribution < 1.29 is 9.84 Å². The number of anilines is 1. The van der Waals surface area contributed by atoms with Gasteiger partial charge in [-0.05, 0) is 53.2 Å². The molecule has 0 spiro atoms. The lowest BCUT2D eigenvalue weighted by Crippen LogP contribution is -2.36. The second kappa shape index (κ2) is 9.93. The van der Waals surface area contributed by atoms with E-state index >= 15 is 0 Å². The molecule has 5 aromatic rings. The van der Waals surface area contributed by atoms with E-state index in [1.807, 2.05) is 61.5 Å². The number of aromatic nitrogens is 3.